The van der Waals surface area contributed by atoms with Crippen LogP contribution in [0.1, 0.15) is 13.3 Å². The number of hydrogen-bond acceptors (Lipinski definition) is 3. The van der Waals surface area contributed by atoms with E-state index in [-0.39, 0.29) is 12.5 Å². The van der Waals surface area contributed by atoms with Gasteiger partial charge in [0.2, 0.25) is 5.91 Å². The van der Waals surface area contributed by atoms with Crippen molar-refractivity contribution in [2.24, 2.45) is 0 Å². The zero-order chi connectivity index (χ0) is 9.98. The van der Waals surface area contributed by atoms with E-state index in [2.05, 4.69) is 5.32 Å². The second-order valence-corrected chi connectivity index (χ2v) is 2.29. The number of carbonyl (C=O) groups is 2. The minimum atomic E-state index is 0.00194. The van der Waals surface area contributed by atoms with Gasteiger partial charge < -0.3 is 15.0 Å². The SMILES string of the molecule is CCC(=O)N(C)CC=O.CNC. The molecule has 0 spiro atoms. The van der Waals surface area contributed by atoms with Crippen LogP contribution in [0.5, 0.6) is 0 Å². The number of rotatable bonds is 3. The number of nitrogens with one attached hydrogen (secondary N) is 1. The van der Waals surface area contributed by atoms with Gasteiger partial charge in [-0.3, -0.25) is 4.79 Å². The highest BCUT2D eigenvalue weighted by Gasteiger charge is 2.02. The summed E-state index contributed by atoms with van der Waals surface area (Å²) in [6, 6.07) is 0. The summed E-state index contributed by atoms with van der Waals surface area (Å²) in [5, 5.41) is 2.75. The van der Waals surface area contributed by atoms with E-state index in [1.54, 1.807) is 14.0 Å². The Morgan fingerprint density at radius 1 is 1.50 bits per heavy atom. The maximum absolute atomic E-state index is 10.7. The number of nitrogens with zero attached hydrogens (tertiary/aromatic N) is 1. The van der Waals surface area contributed by atoms with E-state index in [0.29, 0.717) is 12.7 Å². The van der Waals surface area contributed by atoms with Gasteiger partial charge in [0, 0.05) is 13.5 Å². The standard InChI is InChI=1S/C6H11NO2.C2H7N/c1-3-6(9)7(2)4-5-8;1-3-2/h5H,3-4H2,1-2H3;3H,1-2H3. The molecule has 0 unspecified atom stereocenters. The van der Waals surface area contributed by atoms with Crippen LogP contribution in [0.4, 0.5) is 0 Å². The molecule has 0 atom stereocenters. The van der Waals surface area contributed by atoms with Crippen LogP contribution in [0.15, 0.2) is 0 Å². The number of amides is 1. The van der Waals surface area contributed by atoms with Crippen LogP contribution < -0.4 is 5.32 Å². The third-order valence-corrected chi connectivity index (χ3v) is 1.08. The van der Waals surface area contributed by atoms with Crippen molar-refractivity contribution in [2.45, 2.75) is 13.3 Å². The van der Waals surface area contributed by atoms with Gasteiger partial charge in [-0.25, -0.2) is 0 Å². The first-order chi connectivity index (χ1) is 5.63. The Kier molecular flexibility index (Phi) is 11.5. The first-order valence-electron chi connectivity index (χ1n) is 3.90. The largest absolute Gasteiger partial charge is 0.339 e. The molecule has 0 aromatic rings. The van der Waals surface area contributed by atoms with E-state index < -0.39 is 0 Å². The zero-order valence-electron chi connectivity index (χ0n) is 8.26. The fourth-order valence-electron chi connectivity index (χ4n) is 0.484. The number of hydrogen-bond donors (Lipinski definition) is 1. The average molecular weight is 174 g/mol. The second-order valence-electron chi connectivity index (χ2n) is 2.29. The molecule has 4 heteroatoms. The fraction of sp³-hybridized carbons (Fsp3) is 0.750. The Morgan fingerprint density at radius 3 is 2.17 bits per heavy atom. The van der Waals surface area contributed by atoms with Gasteiger partial charge in [0.05, 0.1) is 6.54 Å². The number of carbonyl (C=O) groups excluding carboxylic acids is 2. The molecule has 0 bridgehead atoms. The van der Waals surface area contributed by atoms with Crippen molar-refractivity contribution in [2.75, 3.05) is 27.7 Å². The number of likely N-dealkylation sites (N-methyl/N-ethyl adjacent to an activating group) is 1. The lowest BCUT2D eigenvalue weighted by molar-refractivity contribution is -0.131. The van der Waals surface area contributed by atoms with Crippen molar-refractivity contribution < 1.29 is 9.59 Å². The van der Waals surface area contributed by atoms with Crippen molar-refractivity contribution in [3.8, 4) is 0 Å². The molecular weight excluding hydrogens is 156 g/mol. The minimum Gasteiger partial charge on any atom is -0.339 e. The molecule has 0 aromatic carbocycles. The maximum Gasteiger partial charge on any atom is 0.222 e. The van der Waals surface area contributed by atoms with Crippen molar-refractivity contribution in [3.05, 3.63) is 0 Å². The van der Waals surface area contributed by atoms with Gasteiger partial charge in [-0.1, -0.05) is 6.92 Å². The summed E-state index contributed by atoms with van der Waals surface area (Å²) < 4.78 is 0. The quantitative estimate of drug-likeness (QED) is 0.607. The van der Waals surface area contributed by atoms with Gasteiger partial charge in [0.15, 0.2) is 0 Å². The minimum absolute atomic E-state index is 0.00194. The van der Waals surface area contributed by atoms with E-state index in [0.717, 1.165) is 0 Å². The Labute approximate surface area is 73.9 Å². The predicted octanol–water partition coefficient (Wildman–Crippen LogP) is -0.111. The van der Waals surface area contributed by atoms with Gasteiger partial charge in [-0.05, 0) is 14.1 Å². The van der Waals surface area contributed by atoms with E-state index in [9.17, 15) is 9.59 Å². The summed E-state index contributed by atoms with van der Waals surface area (Å²) in [5.41, 5.74) is 0. The van der Waals surface area contributed by atoms with Crippen LogP contribution in [0.25, 0.3) is 0 Å². The molecule has 0 saturated heterocycles. The van der Waals surface area contributed by atoms with E-state index in [1.807, 2.05) is 14.1 Å². The lowest BCUT2D eigenvalue weighted by Gasteiger charge is -2.10. The molecule has 0 aromatic heterocycles. The lowest BCUT2D eigenvalue weighted by atomic mass is 10.4. The Bertz CT molecular complexity index is 126. The monoisotopic (exact) mass is 174 g/mol. The average Bonchev–Trinajstić information content (AvgIpc) is 2.05. The Morgan fingerprint density at radius 2 is 1.92 bits per heavy atom. The van der Waals surface area contributed by atoms with Crippen LogP contribution in [-0.2, 0) is 9.59 Å². The summed E-state index contributed by atoms with van der Waals surface area (Å²) in [6.45, 7) is 1.97. The molecule has 0 fully saturated rings. The number of aldehydes is 1. The molecule has 1 N–H and O–H groups in total. The molecule has 0 radical (unpaired) electrons. The second kappa shape index (κ2) is 10.1. The molecule has 0 aliphatic rings. The molecule has 1 amide bonds. The summed E-state index contributed by atoms with van der Waals surface area (Å²) >= 11 is 0. The first kappa shape index (κ1) is 13.7. The van der Waals surface area contributed by atoms with Crippen LogP contribution in [0.3, 0.4) is 0 Å². The maximum atomic E-state index is 10.7. The van der Waals surface area contributed by atoms with Gasteiger partial charge in [-0.2, -0.15) is 0 Å². The Balaban J connectivity index is 0. The van der Waals surface area contributed by atoms with Crippen molar-refractivity contribution >= 4 is 12.2 Å². The van der Waals surface area contributed by atoms with Crippen molar-refractivity contribution in [1.82, 2.24) is 10.2 Å². The van der Waals surface area contributed by atoms with Crippen LogP contribution >= 0.6 is 0 Å². The van der Waals surface area contributed by atoms with E-state index >= 15 is 0 Å². The van der Waals surface area contributed by atoms with Gasteiger partial charge >= 0.3 is 0 Å². The van der Waals surface area contributed by atoms with Crippen LogP contribution in [-0.4, -0.2) is 44.8 Å². The summed E-state index contributed by atoms with van der Waals surface area (Å²) in [4.78, 5) is 21.9. The fourth-order valence-corrected chi connectivity index (χ4v) is 0.484. The summed E-state index contributed by atoms with van der Waals surface area (Å²) in [7, 11) is 5.36. The topological polar surface area (TPSA) is 49.4 Å². The molecule has 12 heavy (non-hydrogen) atoms. The van der Waals surface area contributed by atoms with Crippen molar-refractivity contribution in [1.29, 1.82) is 0 Å². The normalized spacial score (nSPS) is 8.00. The molecule has 0 heterocycles. The van der Waals surface area contributed by atoms with Crippen LogP contribution in [0, 0.1) is 0 Å². The highest BCUT2D eigenvalue weighted by Crippen LogP contribution is 1.85. The molecule has 0 aliphatic carbocycles. The summed E-state index contributed by atoms with van der Waals surface area (Å²) in [5.74, 6) is 0.00194. The highest BCUT2D eigenvalue weighted by molar-refractivity contribution is 5.77. The lowest BCUT2D eigenvalue weighted by Crippen LogP contribution is -2.27. The molecule has 0 saturated carbocycles. The third kappa shape index (κ3) is 9.10. The molecule has 0 rings (SSSR count). The van der Waals surface area contributed by atoms with Gasteiger partial charge in [0.25, 0.3) is 0 Å². The van der Waals surface area contributed by atoms with Gasteiger partial charge in [0.1, 0.15) is 6.29 Å². The summed E-state index contributed by atoms with van der Waals surface area (Å²) in [6.07, 6.45) is 1.18. The molecular formula is C8H18N2O2. The first-order valence-corrected chi connectivity index (χ1v) is 3.90. The smallest absolute Gasteiger partial charge is 0.222 e. The zero-order valence-corrected chi connectivity index (χ0v) is 8.26. The molecule has 72 valence electrons. The third-order valence-electron chi connectivity index (χ3n) is 1.08. The highest BCUT2D eigenvalue weighted by atomic mass is 16.2. The van der Waals surface area contributed by atoms with E-state index in [4.69, 9.17) is 0 Å². The van der Waals surface area contributed by atoms with Crippen LogP contribution in [0.2, 0.25) is 0 Å². The molecule has 0 aliphatic heterocycles. The van der Waals surface area contributed by atoms with Gasteiger partial charge in [-0.15, -0.1) is 0 Å². The van der Waals surface area contributed by atoms with E-state index in [1.165, 1.54) is 4.90 Å². The Hall–Kier alpha value is -0.900. The molecule has 4 nitrogen and oxygen atoms in total. The predicted molar refractivity (Wildman–Crippen MR) is 49.0 cm³/mol. The van der Waals surface area contributed by atoms with Crippen molar-refractivity contribution in [3.63, 3.8) is 0 Å².